The molecule has 1 amide bonds. The van der Waals surface area contributed by atoms with Crippen molar-refractivity contribution in [3.05, 3.63) is 99.0 Å². The molecule has 34 heavy (non-hydrogen) atoms. The normalized spacial score (nSPS) is 10.8. The average Bonchev–Trinajstić information content (AvgIpc) is 2.83. The summed E-state index contributed by atoms with van der Waals surface area (Å²) in [6.07, 6.45) is 1.41. The minimum atomic E-state index is -0.616. The van der Waals surface area contributed by atoms with Crippen LogP contribution in [0.4, 0.5) is 5.69 Å². The Labute approximate surface area is 207 Å². The van der Waals surface area contributed by atoms with Crippen LogP contribution < -0.4 is 10.1 Å². The van der Waals surface area contributed by atoms with E-state index < -0.39 is 11.9 Å². The van der Waals surface area contributed by atoms with Gasteiger partial charge < -0.3 is 14.8 Å². The zero-order chi connectivity index (χ0) is 24.5. The largest absolute Gasteiger partial charge is 0.488 e. The van der Waals surface area contributed by atoms with Crippen molar-refractivity contribution in [2.75, 3.05) is 11.9 Å². The number of esters is 1. The third kappa shape index (κ3) is 6.85. The molecule has 0 bridgehead atoms. The first-order valence-corrected chi connectivity index (χ1v) is 11.0. The van der Waals surface area contributed by atoms with E-state index in [0.29, 0.717) is 32.6 Å². The van der Waals surface area contributed by atoms with Crippen LogP contribution in [0.2, 0.25) is 10.0 Å². The van der Waals surface area contributed by atoms with Crippen molar-refractivity contribution in [1.29, 1.82) is 5.26 Å². The summed E-state index contributed by atoms with van der Waals surface area (Å²) in [6, 6.07) is 20.2. The van der Waals surface area contributed by atoms with Crippen molar-refractivity contribution < 1.29 is 19.1 Å². The Bertz CT molecular complexity index is 1250. The maximum Gasteiger partial charge on any atom is 0.338 e. The summed E-state index contributed by atoms with van der Waals surface area (Å²) in [4.78, 5) is 24.5. The van der Waals surface area contributed by atoms with E-state index >= 15 is 0 Å². The van der Waals surface area contributed by atoms with Crippen molar-refractivity contribution in [2.24, 2.45) is 0 Å². The van der Waals surface area contributed by atoms with Gasteiger partial charge in [0.15, 0.2) is 0 Å². The number of halogens is 2. The molecule has 0 aliphatic heterocycles. The van der Waals surface area contributed by atoms with E-state index in [1.54, 1.807) is 49.4 Å². The van der Waals surface area contributed by atoms with Gasteiger partial charge in [-0.25, -0.2) is 4.79 Å². The molecule has 3 rings (SSSR count). The molecule has 0 spiro atoms. The lowest BCUT2D eigenvalue weighted by Crippen LogP contribution is -2.14. The van der Waals surface area contributed by atoms with Crippen LogP contribution in [0.3, 0.4) is 0 Å². The van der Waals surface area contributed by atoms with Gasteiger partial charge in [0.25, 0.3) is 5.91 Å². The summed E-state index contributed by atoms with van der Waals surface area (Å²) in [5.74, 6) is -0.612. The third-order valence-corrected chi connectivity index (χ3v) is 5.09. The number of rotatable bonds is 8. The molecule has 0 unspecified atom stereocenters. The molecule has 3 aromatic carbocycles. The molecule has 0 radical (unpaired) electrons. The second-order valence-corrected chi connectivity index (χ2v) is 7.89. The van der Waals surface area contributed by atoms with E-state index in [2.05, 4.69) is 5.32 Å². The van der Waals surface area contributed by atoms with Crippen molar-refractivity contribution in [3.63, 3.8) is 0 Å². The maximum atomic E-state index is 12.7. The van der Waals surface area contributed by atoms with E-state index in [0.717, 1.165) is 5.56 Å². The lowest BCUT2D eigenvalue weighted by Gasteiger charge is -2.11. The third-order valence-electron chi connectivity index (χ3n) is 4.60. The molecule has 0 atom stereocenters. The van der Waals surface area contributed by atoms with Gasteiger partial charge in [-0.2, -0.15) is 5.26 Å². The summed E-state index contributed by atoms with van der Waals surface area (Å²) >= 11 is 12.0. The Morgan fingerprint density at radius 3 is 2.32 bits per heavy atom. The number of carbonyl (C=O) groups is 2. The van der Waals surface area contributed by atoms with Crippen molar-refractivity contribution in [1.82, 2.24) is 0 Å². The van der Waals surface area contributed by atoms with Gasteiger partial charge in [-0.1, -0.05) is 35.3 Å². The van der Waals surface area contributed by atoms with Crippen LogP contribution in [-0.4, -0.2) is 18.5 Å². The second kappa shape index (κ2) is 11.9. The Morgan fingerprint density at radius 1 is 1.00 bits per heavy atom. The van der Waals surface area contributed by atoms with Gasteiger partial charge in [-0.15, -0.1) is 0 Å². The summed E-state index contributed by atoms with van der Waals surface area (Å²) in [5, 5.41) is 13.3. The number of anilines is 1. The fourth-order valence-corrected chi connectivity index (χ4v) is 3.22. The number of amides is 1. The molecule has 0 aliphatic carbocycles. The fourth-order valence-electron chi connectivity index (χ4n) is 2.91. The molecule has 8 heteroatoms. The Hall–Kier alpha value is -3.79. The van der Waals surface area contributed by atoms with Gasteiger partial charge in [-0.3, -0.25) is 4.79 Å². The highest BCUT2D eigenvalue weighted by Crippen LogP contribution is 2.27. The molecule has 0 heterocycles. The Balaban J connectivity index is 1.76. The smallest absolute Gasteiger partial charge is 0.338 e. The monoisotopic (exact) mass is 494 g/mol. The number of hydrogen-bond acceptors (Lipinski definition) is 5. The summed E-state index contributed by atoms with van der Waals surface area (Å²) in [7, 11) is 0. The molecule has 0 fully saturated rings. The van der Waals surface area contributed by atoms with Crippen LogP contribution in [0, 0.1) is 11.3 Å². The maximum absolute atomic E-state index is 12.7. The van der Waals surface area contributed by atoms with Gasteiger partial charge in [0.1, 0.15) is 24.0 Å². The standard InChI is InChI=1S/C26H20Cl2N2O4/c1-2-33-26(32)18-5-10-23(11-6-18)30-25(31)20(15-29)13-19-14-22(28)9-12-24(19)34-16-17-3-7-21(27)8-4-17/h3-14H,2,16H2,1H3,(H,30,31)/b20-13+. The van der Waals surface area contributed by atoms with Gasteiger partial charge >= 0.3 is 5.97 Å². The molecular weight excluding hydrogens is 475 g/mol. The van der Waals surface area contributed by atoms with Crippen LogP contribution in [0.1, 0.15) is 28.4 Å². The predicted molar refractivity (Wildman–Crippen MR) is 132 cm³/mol. The van der Waals surface area contributed by atoms with Gasteiger partial charge in [0.05, 0.1) is 12.2 Å². The highest BCUT2D eigenvalue weighted by atomic mass is 35.5. The van der Waals surface area contributed by atoms with E-state index in [4.69, 9.17) is 32.7 Å². The number of hydrogen-bond donors (Lipinski definition) is 1. The van der Waals surface area contributed by atoms with E-state index in [-0.39, 0.29) is 18.8 Å². The molecule has 0 saturated carbocycles. The molecule has 0 aliphatic rings. The first-order valence-electron chi connectivity index (χ1n) is 10.3. The van der Waals surface area contributed by atoms with E-state index in [9.17, 15) is 14.9 Å². The number of benzene rings is 3. The lowest BCUT2D eigenvalue weighted by atomic mass is 10.1. The SMILES string of the molecule is CCOC(=O)c1ccc(NC(=O)/C(C#N)=C/c2cc(Cl)ccc2OCc2ccc(Cl)cc2)cc1. The molecule has 6 nitrogen and oxygen atoms in total. The van der Waals surface area contributed by atoms with Crippen LogP contribution in [-0.2, 0) is 16.1 Å². The number of nitrogens with zero attached hydrogens (tertiary/aromatic N) is 1. The Morgan fingerprint density at radius 2 is 1.68 bits per heavy atom. The first kappa shape index (κ1) is 24.8. The topological polar surface area (TPSA) is 88.4 Å². The first-order chi connectivity index (χ1) is 16.4. The minimum absolute atomic E-state index is 0.145. The molecule has 0 aromatic heterocycles. The molecule has 1 N–H and O–H groups in total. The van der Waals surface area contributed by atoms with Crippen LogP contribution in [0.15, 0.2) is 72.3 Å². The Kier molecular flexibility index (Phi) is 8.69. The number of nitrogens with one attached hydrogen (secondary N) is 1. The van der Waals surface area contributed by atoms with Crippen molar-refractivity contribution in [2.45, 2.75) is 13.5 Å². The van der Waals surface area contributed by atoms with Crippen molar-refractivity contribution in [3.8, 4) is 11.8 Å². The quantitative estimate of drug-likeness (QED) is 0.225. The molecule has 172 valence electrons. The number of ether oxygens (including phenoxy) is 2. The average molecular weight is 495 g/mol. The molecule has 0 saturated heterocycles. The molecule has 3 aromatic rings. The van der Waals surface area contributed by atoms with Crippen LogP contribution in [0.5, 0.6) is 5.75 Å². The van der Waals surface area contributed by atoms with E-state index in [1.165, 1.54) is 18.2 Å². The van der Waals surface area contributed by atoms with Gasteiger partial charge in [0, 0.05) is 21.3 Å². The fraction of sp³-hybridized carbons (Fsp3) is 0.115. The molecular formula is C26H20Cl2N2O4. The van der Waals surface area contributed by atoms with Crippen molar-refractivity contribution >= 4 is 46.8 Å². The number of nitriles is 1. The summed E-state index contributed by atoms with van der Waals surface area (Å²) in [6.45, 7) is 2.25. The minimum Gasteiger partial charge on any atom is -0.488 e. The van der Waals surface area contributed by atoms with Crippen LogP contribution in [0.25, 0.3) is 6.08 Å². The lowest BCUT2D eigenvalue weighted by molar-refractivity contribution is -0.112. The number of carbonyl (C=O) groups excluding carboxylic acids is 2. The highest BCUT2D eigenvalue weighted by molar-refractivity contribution is 6.31. The summed E-state index contributed by atoms with van der Waals surface area (Å²) in [5.41, 5.74) is 2.01. The highest BCUT2D eigenvalue weighted by Gasteiger charge is 2.13. The predicted octanol–water partition coefficient (Wildman–Crippen LogP) is 6.29. The van der Waals surface area contributed by atoms with Gasteiger partial charge in [-0.05, 0) is 73.2 Å². The van der Waals surface area contributed by atoms with Crippen LogP contribution >= 0.6 is 23.2 Å². The zero-order valence-corrected chi connectivity index (χ0v) is 19.7. The van der Waals surface area contributed by atoms with E-state index in [1.807, 2.05) is 18.2 Å². The second-order valence-electron chi connectivity index (χ2n) is 7.02. The summed E-state index contributed by atoms with van der Waals surface area (Å²) < 4.78 is 10.8. The zero-order valence-electron chi connectivity index (χ0n) is 18.2. The van der Waals surface area contributed by atoms with Gasteiger partial charge in [0.2, 0.25) is 0 Å².